The highest BCUT2D eigenvalue weighted by atomic mass is 32.2. The van der Waals surface area contributed by atoms with Crippen LogP contribution in [0.3, 0.4) is 0 Å². The zero-order chi connectivity index (χ0) is 102. The number of carbonyl (C=O) groups excluding carboxylic acids is 14. The molecule has 0 bridgehead atoms. The molecule has 15 amide bonds. The molecule has 0 radical (unpaired) electrons. The molecule has 2 heterocycles. The first-order valence-corrected chi connectivity index (χ1v) is 49.8. The van der Waals surface area contributed by atoms with E-state index in [-0.39, 0.29) is 132 Å². The van der Waals surface area contributed by atoms with Crippen molar-refractivity contribution in [2.45, 2.75) is 245 Å². The van der Waals surface area contributed by atoms with Gasteiger partial charge in [0.05, 0.1) is 153 Å². The summed E-state index contributed by atoms with van der Waals surface area (Å²) in [6.45, 7) is 25.0. The topological polar surface area (TPSA) is 499 Å². The number of carbonyl (C=O) groups is 14. The molecular formula is C97H162N14O26S. The average molecular weight is 1970 g/mol. The Morgan fingerprint density at radius 2 is 1.15 bits per heavy atom. The lowest BCUT2D eigenvalue weighted by atomic mass is 9.89. The third-order valence-corrected chi connectivity index (χ3v) is 25.2. The van der Waals surface area contributed by atoms with Crippen molar-refractivity contribution >= 4 is 100 Å². The Kier molecular flexibility index (Phi) is 60.3. The van der Waals surface area contributed by atoms with E-state index in [0.29, 0.717) is 141 Å². The van der Waals surface area contributed by atoms with E-state index in [4.69, 9.17) is 57.8 Å². The van der Waals surface area contributed by atoms with Crippen LogP contribution < -0.4 is 48.3 Å². The number of anilines is 1. The van der Waals surface area contributed by atoms with Crippen LogP contribution in [-0.2, 0) is 116 Å². The van der Waals surface area contributed by atoms with Gasteiger partial charge in [0.1, 0.15) is 43.9 Å². The molecule has 13 atom stereocenters. The number of methoxy groups -OCH3 is 3. The Labute approximate surface area is 819 Å². The maximum absolute atomic E-state index is 15.0. The van der Waals surface area contributed by atoms with Gasteiger partial charge >= 0.3 is 12.1 Å². The third kappa shape index (κ3) is 45.1. The van der Waals surface area contributed by atoms with Crippen LogP contribution in [-0.4, -0.2) is 358 Å². The fraction of sp³-hybridized carbons (Fsp3) is 0.732. The van der Waals surface area contributed by atoms with Crippen LogP contribution in [0.15, 0.2) is 54.6 Å². The maximum atomic E-state index is 15.0. The van der Waals surface area contributed by atoms with Crippen molar-refractivity contribution in [1.29, 1.82) is 0 Å². The Balaban J connectivity index is 1.37. The summed E-state index contributed by atoms with van der Waals surface area (Å²) in [5.41, 5.74) is 6.73. The zero-order valence-corrected chi connectivity index (χ0v) is 85.2. The number of amides is 15. The Morgan fingerprint density at radius 1 is 0.572 bits per heavy atom. The number of likely N-dealkylation sites (tertiary alicyclic amines) is 2. The minimum Gasteiger partial charge on any atom is -0.445 e. The van der Waals surface area contributed by atoms with Gasteiger partial charge in [-0.25, -0.2) is 9.59 Å². The fourth-order valence-corrected chi connectivity index (χ4v) is 17.1. The van der Waals surface area contributed by atoms with Gasteiger partial charge in [-0.15, -0.1) is 11.8 Å². The number of hydrogen-bond donors (Lipinski definition) is 10. The van der Waals surface area contributed by atoms with Crippen molar-refractivity contribution in [2.75, 3.05) is 191 Å². The first kappa shape index (κ1) is 121. The predicted molar refractivity (Wildman–Crippen MR) is 519 cm³/mol. The van der Waals surface area contributed by atoms with Crippen LogP contribution in [0.4, 0.5) is 15.3 Å². The van der Waals surface area contributed by atoms with Gasteiger partial charge in [-0.05, 0) is 98.8 Å². The first-order chi connectivity index (χ1) is 66.0. The molecule has 2 aliphatic rings. The quantitative estimate of drug-likeness (QED) is 0.0292. The maximum Gasteiger partial charge on any atom is 0.410 e. The molecule has 1 unspecified atom stereocenters. The van der Waals surface area contributed by atoms with Crippen molar-refractivity contribution in [3.63, 3.8) is 0 Å². The second kappa shape index (κ2) is 68.8. The van der Waals surface area contributed by atoms with E-state index in [9.17, 15) is 72.2 Å². The summed E-state index contributed by atoms with van der Waals surface area (Å²) in [4.78, 5) is 200. The molecule has 2 saturated heterocycles. The SMILES string of the molecule is CCCCCNC(=O)CCSC1CC(=O)N(CCCCCC(=O)N(CC(=O)NCCOCCOCCOCCOCCOCCOCCOCCOC)CC(=O)N[C@H](C(=O)N[C@@H](CCCNC(N)=O)C(=O)Nc2ccc(COC(=O)N(C)[C@H](C(=O)N[C@H](C(=O)N(C)[C@@H]([C@@H](C)CC)[C@@H](CC(=O)N3CCC[C@H]3[C@H](OC)[C@@H](C)C(=O)N[C@H](C)[C@@H](O)c3ccccc3)OC)C(C)C)C(C)C)cc2)C(C)C)C1=O. The Bertz CT molecular complexity index is 3960. The second-order valence-electron chi connectivity index (χ2n) is 35.7. The standard InChI is InChI=1S/C97H162N14O26S/c1-17-19-25-39-99-78(112)38-59-138-77-61-83(117)111(94(77)123)42-26-21-24-33-81(115)109(62-79(113)100-41-44-130-47-48-132-51-52-134-55-56-136-58-57-135-54-53-133-50-49-131-46-45-127-14)63-80(114)105-84(65(3)4)92(121)104-74(31-27-40-101-96(98)125)91(120)103-73-36-34-71(35-37-73)64-137-97(126)108(13)86(67(7)8)93(122)106-85(66(5)6)95(124)107(12)87(68(9)18-2)76(128-15)60-82(116)110-43-28-32-75(110)89(129-16)69(10)90(119)102-70(11)88(118)72-29-22-20-23-30-72/h20,22-23,29-30,34-37,65-70,74-77,84-89,118H,17-19,21,24-28,31-33,38-64H2,1-16H3,(H,99,112)(H,100,113)(H,102,119)(H,103,120)(H,104,121)(H,105,114)(H,106,122)(H3,98,101,125)/t68-,69+,70+,74-,75-,76+,77?,84-,85-,86-,87-,88+,89+/m0/s1. The van der Waals surface area contributed by atoms with E-state index in [1.165, 1.54) is 55.0 Å². The van der Waals surface area contributed by atoms with Gasteiger partial charge in [-0.3, -0.25) is 67.3 Å². The summed E-state index contributed by atoms with van der Waals surface area (Å²) in [6.07, 6.45) is 2.47. The summed E-state index contributed by atoms with van der Waals surface area (Å²) in [5, 5.41) is 32.6. The number of rotatable bonds is 74. The summed E-state index contributed by atoms with van der Waals surface area (Å²) in [7, 11) is 7.64. The number of aliphatic hydroxyl groups is 1. The number of aliphatic hydroxyl groups excluding tert-OH is 1. The largest absolute Gasteiger partial charge is 0.445 e. The Hall–Kier alpha value is -9.27. The van der Waals surface area contributed by atoms with Gasteiger partial charge in [0.25, 0.3) is 0 Å². The molecule has 11 N–H and O–H groups in total. The molecule has 2 aliphatic heterocycles. The summed E-state index contributed by atoms with van der Waals surface area (Å²) in [5.74, 6) is -8.07. The van der Waals surface area contributed by atoms with E-state index in [0.717, 1.165) is 29.1 Å². The van der Waals surface area contributed by atoms with Crippen molar-refractivity contribution in [3.05, 3.63) is 65.7 Å². The highest BCUT2D eigenvalue weighted by molar-refractivity contribution is 8.00. The van der Waals surface area contributed by atoms with Crippen LogP contribution >= 0.6 is 11.8 Å². The molecule has 2 aromatic rings. The number of imide groups is 1. The number of thioether (sulfide) groups is 1. The number of likely N-dealkylation sites (N-methyl/N-ethyl adjacent to an activating group) is 2. The number of nitrogens with two attached hydrogens (primary N) is 1. The lowest BCUT2D eigenvalue weighted by molar-refractivity contribution is -0.148. The summed E-state index contributed by atoms with van der Waals surface area (Å²) < 4.78 is 61.4. The number of unbranched alkanes of at least 4 members (excludes halogenated alkanes) is 4. The van der Waals surface area contributed by atoms with Gasteiger partial charge in [0.2, 0.25) is 70.9 Å². The molecular weight excluding hydrogens is 1810 g/mol. The zero-order valence-electron chi connectivity index (χ0n) is 84.4. The van der Waals surface area contributed by atoms with Crippen LogP contribution in [0.25, 0.3) is 0 Å². The number of hydrogen-bond acceptors (Lipinski definition) is 27. The second-order valence-corrected chi connectivity index (χ2v) is 37.1. The summed E-state index contributed by atoms with van der Waals surface area (Å²) in [6, 6.07) is 7.84. The van der Waals surface area contributed by atoms with Crippen LogP contribution in [0.2, 0.25) is 0 Å². The van der Waals surface area contributed by atoms with E-state index in [1.807, 2.05) is 32.0 Å². The molecule has 41 heteroatoms. The van der Waals surface area contributed by atoms with Gasteiger partial charge < -0.3 is 120 Å². The number of ether oxygens (including phenoxy) is 11. The van der Waals surface area contributed by atoms with E-state index in [2.05, 4.69) is 49.5 Å². The Morgan fingerprint density at radius 3 is 1.71 bits per heavy atom. The molecule has 2 fully saturated rings. The molecule has 782 valence electrons. The number of urea groups is 1. The highest BCUT2D eigenvalue weighted by Gasteiger charge is 2.45. The monoisotopic (exact) mass is 1970 g/mol. The van der Waals surface area contributed by atoms with Crippen LogP contribution in [0.1, 0.15) is 190 Å². The van der Waals surface area contributed by atoms with E-state index >= 15 is 0 Å². The first-order valence-electron chi connectivity index (χ1n) is 48.7. The number of nitrogens with zero attached hydrogens (tertiary/aromatic N) is 5. The third-order valence-electron chi connectivity index (χ3n) is 24.0. The van der Waals surface area contributed by atoms with Crippen molar-refractivity contribution in [3.8, 4) is 0 Å². The van der Waals surface area contributed by atoms with Crippen molar-refractivity contribution in [1.82, 2.24) is 61.7 Å². The predicted octanol–water partition coefficient (Wildman–Crippen LogP) is 5.42. The molecule has 138 heavy (non-hydrogen) atoms. The number of nitrogens with one attached hydrogen (secondary N) is 8. The van der Waals surface area contributed by atoms with Crippen molar-refractivity contribution in [2.24, 2.45) is 35.3 Å². The highest BCUT2D eigenvalue weighted by Crippen LogP contribution is 2.32. The van der Waals surface area contributed by atoms with Gasteiger partial charge in [0, 0.05) is 98.9 Å². The molecule has 4 rings (SSSR count). The van der Waals surface area contributed by atoms with Crippen LogP contribution in [0, 0.1) is 29.6 Å². The number of benzene rings is 2. The number of primary amides is 1. The minimum absolute atomic E-state index is 0.0119. The smallest absolute Gasteiger partial charge is 0.410 e. The lowest BCUT2D eigenvalue weighted by Crippen LogP contribution is -2.60. The molecule has 0 saturated carbocycles. The van der Waals surface area contributed by atoms with E-state index < -0.39 is 156 Å². The van der Waals surface area contributed by atoms with Gasteiger partial charge in [-0.1, -0.05) is 137 Å². The van der Waals surface area contributed by atoms with Gasteiger partial charge in [-0.2, -0.15) is 0 Å². The van der Waals surface area contributed by atoms with Gasteiger partial charge in [0.15, 0.2) is 0 Å². The molecule has 0 spiro atoms. The lowest BCUT2D eigenvalue weighted by Gasteiger charge is -2.41. The molecule has 0 aromatic heterocycles. The fourth-order valence-electron chi connectivity index (χ4n) is 16.0. The molecule has 40 nitrogen and oxygen atoms in total. The molecule has 0 aliphatic carbocycles. The summed E-state index contributed by atoms with van der Waals surface area (Å²) >= 11 is 1.27. The normalized spacial score (nSPS) is 16.2. The van der Waals surface area contributed by atoms with E-state index in [1.54, 1.807) is 98.7 Å². The average Bonchev–Trinajstić information content (AvgIpc) is 1.71. The van der Waals surface area contributed by atoms with Crippen molar-refractivity contribution < 1.29 is 124 Å². The molecule has 2 aromatic carbocycles. The minimum atomic E-state index is -1.31. The van der Waals surface area contributed by atoms with Crippen LogP contribution in [0.5, 0.6) is 0 Å².